The molecule has 0 bridgehead atoms. The third-order valence-corrected chi connectivity index (χ3v) is 8.20. The number of amides is 2. The summed E-state index contributed by atoms with van der Waals surface area (Å²) in [6, 6.07) is 13.7. The molecule has 2 N–H and O–H groups in total. The number of hydrogen-bond donors (Lipinski definition) is 2. The fourth-order valence-electron chi connectivity index (χ4n) is 5.53. The van der Waals surface area contributed by atoms with E-state index in [1.807, 2.05) is 30.3 Å². The smallest absolute Gasteiger partial charge is 0.255 e. The monoisotopic (exact) mass is 548 g/mol. The zero-order valence-corrected chi connectivity index (χ0v) is 24.6. The first-order valence-electron chi connectivity index (χ1n) is 15.4. The van der Waals surface area contributed by atoms with Crippen LogP contribution in [0.3, 0.4) is 0 Å². The zero-order valence-electron chi connectivity index (χ0n) is 24.6. The van der Waals surface area contributed by atoms with Crippen LogP contribution >= 0.6 is 0 Å². The van der Waals surface area contributed by atoms with Gasteiger partial charge in [-0.3, -0.25) is 14.5 Å². The fraction of sp³-hybridized carbons (Fsp3) is 0.576. The van der Waals surface area contributed by atoms with Crippen molar-refractivity contribution in [2.75, 3.05) is 62.7 Å². The number of carbonyl (C=O) groups excluding carboxylic acids is 2. The molecule has 2 aromatic carbocycles. The lowest BCUT2D eigenvalue weighted by Crippen LogP contribution is -2.38. The molecule has 0 aromatic heterocycles. The van der Waals surface area contributed by atoms with Gasteiger partial charge in [0, 0.05) is 49.7 Å². The van der Waals surface area contributed by atoms with Gasteiger partial charge in [-0.25, -0.2) is 0 Å². The summed E-state index contributed by atoms with van der Waals surface area (Å²) in [7, 11) is 0. The Morgan fingerprint density at radius 3 is 2.38 bits per heavy atom. The highest BCUT2D eigenvalue weighted by atomic mass is 16.5. The van der Waals surface area contributed by atoms with Crippen molar-refractivity contribution in [1.82, 2.24) is 10.2 Å². The van der Waals surface area contributed by atoms with E-state index >= 15 is 0 Å². The maximum absolute atomic E-state index is 13.4. The minimum absolute atomic E-state index is 0.0841. The normalized spacial score (nSPS) is 16.6. The molecule has 218 valence electrons. The number of nitrogens with one attached hydrogen (secondary N) is 2. The molecule has 2 amide bonds. The second-order valence-electron chi connectivity index (χ2n) is 11.4. The molecule has 2 aliphatic heterocycles. The number of hydrogen-bond acceptors (Lipinski definition) is 5. The van der Waals surface area contributed by atoms with E-state index in [4.69, 9.17) is 4.74 Å². The van der Waals surface area contributed by atoms with Crippen LogP contribution in [0.15, 0.2) is 42.5 Å². The van der Waals surface area contributed by atoms with Gasteiger partial charge in [-0.05, 0) is 80.5 Å². The molecule has 2 aromatic rings. The number of ether oxygens (including phenoxy) is 1. The Kier molecular flexibility index (Phi) is 11.9. The number of aryl methyl sites for hydroxylation is 1. The summed E-state index contributed by atoms with van der Waals surface area (Å²) < 4.78 is 5.43. The Bertz CT molecular complexity index is 1070. The standard InChI is InChI=1S/C33H48N4O3/c1-3-4-5-6-8-27-9-11-28(12-10-27)32(38)35-29-13-14-31(37-19-15-26(2)16-20-37)30(25-29)33(39)34-17-7-18-36-21-23-40-24-22-36/h9-14,25-26H,3-8,15-24H2,1-2H3,(H,34,39)(H,35,38). The van der Waals surface area contributed by atoms with Crippen LogP contribution in [0.4, 0.5) is 11.4 Å². The molecule has 7 nitrogen and oxygen atoms in total. The fourth-order valence-corrected chi connectivity index (χ4v) is 5.53. The number of anilines is 2. The molecule has 2 saturated heterocycles. The number of rotatable bonds is 13. The first-order valence-corrected chi connectivity index (χ1v) is 15.4. The molecule has 4 rings (SSSR count). The number of benzene rings is 2. The average Bonchev–Trinajstić information content (AvgIpc) is 2.99. The predicted octanol–water partition coefficient (Wildman–Crippen LogP) is 5.75. The molecule has 40 heavy (non-hydrogen) atoms. The van der Waals surface area contributed by atoms with Gasteiger partial charge in [0.2, 0.25) is 0 Å². The minimum Gasteiger partial charge on any atom is -0.379 e. The Hall–Kier alpha value is -2.90. The lowest BCUT2D eigenvalue weighted by atomic mass is 9.97. The highest BCUT2D eigenvalue weighted by Crippen LogP contribution is 2.29. The summed E-state index contributed by atoms with van der Waals surface area (Å²) in [5.74, 6) is 0.461. The van der Waals surface area contributed by atoms with Crippen LogP contribution in [0.2, 0.25) is 0 Å². The maximum atomic E-state index is 13.4. The van der Waals surface area contributed by atoms with Crippen LogP contribution in [0.5, 0.6) is 0 Å². The SMILES string of the molecule is CCCCCCc1ccc(C(=O)Nc2ccc(N3CCC(C)CC3)c(C(=O)NCCCN3CCOCC3)c2)cc1. The molecule has 0 saturated carbocycles. The van der Waals surface area contributed by atoms with Crippen molar-refractivity contribution in [3.8, 4) is 0 Å². The van der Waals surface area contributed by atoms with Crippen molar-refractivity contribution in [3.63, 3.8) is 0 Å². The van der Waals surface area contributed by atoms with Gasteiger partial charge in [-0.1, -0.05) is 45.2 Å². The summed E-state index contributed by atoms with van der Waals surface area (Å²) in [6.07, 6.45) is 9.10. The van der Waals surface area contributed by atoms with Gasteiger partial charge in [0.25, 0.3) is 11.8 Å². The summed E-state index contributed by atoms with van der Waals surface area (Å²) >= 11 is 0. The van der Waals surface area contributed by atoms with Crippen LogP contribution < -0.4 is 15.5 Å². The van der Waals surface area contributed by atoms with Gasteiger partial charge in [0.1, 0.15) is 0 Å². The Balaban J connectivity index is 1.39. The summed E-state index contributed by atoms with van der Waals surface area (Å²) in [5, 5.41) is 6.16. The van der Waals surface area contributed by atoms with Crippen molar-refractivity contribution in [2.24, 2.45) is 5.92 Å². The maximum Gasteiger partial charge on any atom is 0.255 e. The summed E-state index contributed by atoms with van der Waals surface area (Å²) in [6.45, 7) is 11.4. The van der Waals surface area contributed by atoms with E-state index in [9.17, 15) is 9.59 Å². The van der Waals surface area contributed by atoms with Gasteiger partial charge in [0.05, 0.1) is 18.8 Å². The second kappa shape index (κ2) is 15.8. The molecular formula is C33H48N4O3. The summed E-state index contributed by atoms with van der Waals surface area (Å²) in [5.41, 5.74) is 4.10. The highest BCUT2D eigenvalue weighted by molar-refractivity contribution is 6.06. The Morgan fingerprint density at radius 1 is 0.900 bits per heavy atom. The van der Waals surface area contributed by atoms with Gasteiger partial charge in [0.15, 0.2) is 0 Å². The lowest BCUT2D eigenvalue weighted by Gasteiger charge is -2.33. The van der Waals surface area contributed by atoms with Crippen LogP contribution in [-0.2, 0) is 11.2 Å². The number of unbranched alkanes of at least 4 members (excludes halogenated alkanes) is 3. The number of nitrogens with zero attached hydrogens (tertiary/aromatic N) is 2. The van der Waals surface area contributed by atoms with E-state index in [-0.39, 0.29) is 11.8 Å². The molecule has 2 fully saturated rings. The molecule has 0 spiro atoms. The van der Waals surface area contributed by atoms with E-state index in [0.717, 1.165) is 77.3 Å². The first-order chi connectivity index (χ1) is 19.5. The first kappa shape index (κ1) is 30.1. The molecule has 7 heteroatoms. The molecule has 0 unspecified atom stereocenters. The topological polar surface area (TPSA) is 73.9 Å². The van der Waals surface area contributed by atoms with E-state index in [2.05, 4.69) is 46.4 Å². The van der Waals surface area contributed by atoms with E-state index in [1.165, 1.54) is 31.2 Å². The molecule has 2 aliphatic rings. The van der Waals surface area contributed by atoms with Gasteiger partial charge < -0.3 is 20.3 Å². The second-order valence-corrected chi connectivity index (χ2v) is 11.4. The largest absolute Gasteiger partial charge is 0.379 e. The Morgan fingerprint density at radius 2 is 1.65 bits per heavy atom. The van der Waals surface area contributed by atoms with Crippen molar-refractivity contribution in [3.05, 3.63) is 59.2 Å². The predicted molar refractivity (Wildman–Crippen MR) is 164 cm³/mol. The Labute approximate surface area is 240 Å². The van der Waals surface area contributed by atoms with Gasteiger partial charge in [-0.2, -0.15) is 0 Å². The molecule has 0 radical (unpaired) electrons. The van der Waals surface area contributed by atoms with Crippen LogP contribution in [0.1, 0.15) is 85.1 Å². The van der Waals surface area contributed by atoms with Crippen molar-refractivity contribution < 1.29 is 14.3 Å². The van der Waals surface area contributed by atoms with E-state index in [1.54, 1.807) is 0 Å². The number of carbonyl (C=O) groups is 2. The van der Waals surface area contributed by atoms with Crippen molar-refractivity contribution >= 4 is 23.2 Å². The molecule has 0 atom stereocenters. The molecular weight excluding hydrogens is 500 g/mol. The van der Waals surface area contributed by atoms with E-state index < -0.39 is 0 Å². The quantitative estimate of drug-likeness (QED) is 0.312. The number of morpholine rings is 1. The summed E-state index contributed by atoms with van der Waals surface area (Å²) in [4.78, 5) is 31.2. The minimum atomic E-state index is -0.158. The highest BCUT2D eigenvalue weighted by Gasteiger charge is 2.22. The molecule has 2 heterocycles. The van der Waals surface area contributed by atoms with Crippen LogP contribution in [0.25, 0.3) is 0 Å². The molecule has 0 aliphatic carbocycles. The van der Waals surface area contributed by atoms with Crippen LogP contribution in [0, 0.1) is 5.92 Å². The third kappa shape index (κ3) is 9.07. The van der Waals surface area contributed by atoms with Crippen LogP contribution in [-0.4, -0.2) is 69.2 Å². The van der Waals surface area contributed by atoms with Crippen molar-refractivity contribution in [1.29, 1.82) is 0 Å². The van der Waals surface area contributed by atoms with E-state index in [0.29, 0.717) is 29.3 Å². The number of piperidine rings is 1. The van der Waals surface area contributed by atoms with Gasteiger partial charge >= 0.3 is 0 Å². The van der Waals surface area contributed by atoms with Gasteiger partial charge in [-0.15, -0.1) is 0 Å². The average molecular weight is 549 g/mol. The lowest BCUT2D eigenvalue weighted by molar-refractivity contribution is 0.0374. The third-order valence-electron chi connectivity index (χ3n) is 8.20. The van der Waals surface area contributed by atoms with Crippen molar-refractivity contribution in [2.45, 2.75) is 65.2 Å². The zero-order chi connectivity index (χ0) is 28.2.